The third kappa shape index (κ3) is 2.81. The van der Waals surface area contributed by atoms with Crippen molar-refractivity contribution in [3.8, 4) is 0 Å². The molecule has 5 fully saturated rings. The van der Waals surface area contributed by atoms with Gasteiger partial charge in [-0.2, -0.15) is 0 Å². The minimum Gasteiger partial charge on any atom is -0.469 e. The molecule has 0 radical (unpaired) electrons. The van der Waals surface area contributed by atoms with E-state index in [1.54, 1.807) is 12.3 Å². The van der Waals surface area contributed by atoms with Crippen molar-refractivity contribution in [3.63, 3.8) is 0 Å². The first kappa shape index (κ1) is 17.3. The highest BCUT2D eigenvalue weighted by Crippen LogP contribution is 2.60. The largest absolute Gasteiger partial charge is 0.469 e. The molecule has 0 atom stereocenters. The molecule has 2 amide bonds. The molecule has 4 aliphatic carbocycles. The highest BCUT2D eigenvalue weighted by Gasteiger charge is 2.55. The Morgan fingerprint density at radius 3 is 2.11 bits per heavy atom. The Hall–Kier alpha value is -1.78. The van der Waals surface area contributed by atoms with E-state index < -0.39 is 0 Å². The molecule has 1 aromatic rings. The van der Waals surface area contributed by atoms with Gasteiger partial charge in [-0.05, 0) is 62.3 Å². The summed E-state index contributed by atoms with van der Waals surface area (Å²) in [7, 11) is 0. The second kappa shape index (κ2) is 6.39. The van der Waals surface area contributed by atoms with E-state index in [0.717, 1.165) is 49.2 Å². The van der Waals surface area contributed by atoms with Gasteiger partial charge in [-0.15, -0.1) is 0 Å². The summed E-state index contributed by atoms with van der Waals surface area (Å²) in [5.74, 6) is 3.56. The highest BCUT2D eigenvalue weighted by molar-refractivity contribution is 5.95. The van der Waals surface area contributed by atoms with Gasteiger partial charge in [0, 0.05) is 32.6 Å². The van der Waals surface area contributed by atoms with Crippen molar-refractivity contribution in [2.24, 2.45) is 23.2 Å². The number of amides is 2. The van der Waals surface area contributed by atoms with Crippen LogP contribution in [0.3, 0.4) is 0 Å². The molecule has 27 heavy (non-hydrogen) atoms. The van der Waals surface area contributed by atoms with Crippen LogP contribution in [0.25, 0.3) is 0 Å². The van der Waals surface area contributed by atoms with Crippen LogP contribution in [-0.4, -0.2) is 47.8 Å². The van der Waals surface area contributed by atoms with Crippen molar-refractivity contribution >= 4 is 11.8 Å². The first-order valence-electron chi connectivity index (χ1n) is 10.7. The molecule has 0 aromatic carbocycles. The second-order valence-electron chi connectivity index (χ2n) is 9.39. The van der Waals surface area contributed by atoms with E-state index in [1.807, 2.05) is 11.8 Å². The smallest absolute Gasteiger partial charge is 0.257 e. The van der Waals surface area contributed by atoms with Crippen molar-refractivity contribution in [1.29, 1.82) is 0 Å². The summed E-state index contributed by atoms with van der Waals surface area (Å²) < 4.78 is 5.41. The monoisotopic (exact) mass is 370 g/mol. The van der Waals surface area contributed by atoms with Gasteiger partial charge in [0.1, 0.15) is 5.76 Å². The number of aryl methyl sites for hydroxylation is 1. The van der Waals surface area contributed by atoms with Gasteiger partial charge in [-0.25, -0.2) is 0 Å². The van der Waals surface area contributed by atoms with Crippen LogP contribution >= 0.6 is 0 Å². The Bertz CT molecular complexity index is 709. The lowest BCUT2D eigenvalue weighted by atomic mass is 9.49. The van der Waals surface area contributed by atoms with Gasteiger partial charge in [0.25, 0.3) is 5.91 Å². The lowest BCUT2D eigenvalue weighted by Gasteiger charge is -2.57. The lowest BCUT2D eigenvalue weighted by molar-refractivity contribution is -0.159. The molecule has 4 saturated carbocycles. The Kier molecular flexibility index (Phi) is 4.10. The maximum absolute atomic E-state index is 13.5. The summed E-state index contributed by atoms with van der Waals surface area (Å²) >= 11 is 0. The van der Waals surface area contributed by atoms with E-state index >= 15 is 0 Å². The predicted molar refractivity (Wildman–Crippen MR) is 101 cm³/mol. The van der Waals surface area contributed by atoms with E-state index in [0.29, 0.717) is 37.6 Å². The highest BCUT2D eigenvalue weighted by atomic mass is 16.3. The van der Waals surface area contributed by atoms with Crippen molar-refractivity contribution < 1.29 is 14.0 Å². The molecule has 0 N–H and O–H groups in total. The molecule has 146 valence electrons. The van der Waals surface area contributed by atoms with E-state index in [1.165, 1.54) is 19.3 Å². The molecule has 0 spiro atoms. The molecule has 0 unspecified atom stereocenters. The molecular formula is C22H30N2O3. The molecular weight excluding hydrogens is 340 g/mol. The average Bonchev–Trinajstić information content (AvgIpc) is 3.15. The van der Waals surface area contributed by atoms with E-state index in [9.17, 15) is 9.59 Å². The maximum Gasteiger partial charge on any atom is 0.257 e. The summed E-state index contributed by atoms with van der Waals surface area (Å²) in [6, 6.07) is 1.77. The lowest BCUT2D eigenvalue weighted by Crippen LogP contribution is -2.58. The minimum absolute atomic E-state index is 0.0440. The third-order valence-corrected chi connectivity index (χ3v) is 7.64. The molecule has 5 heteroatoms. The molecule has 2 heterocycles. The molecule has 5 aliphatic rings. The number of hydrogen-bond donors (Lipinski definition) is 0. The van der Waals surface area contributed by atoms with Crippen LogP contribution in [0, 0.1) is 23.2 Å². The standard InChI is InChI=1S/C22H30N2O3/c1-2-19-18(3-8-27-19)20(25)23-4-6-24(7-5-23)21(26)22-12-15-9-16(13-22)11-17(10-15)14-22/h3,8,15-17H,2,4-7,9-14H2,1H3. The summed E-state index contributed by atoms with van der Waals surface area (Å²) in [6.07, 6.45) is 9.75. The Morgan fingerprint density at radius 2 is 1.56 bits per heavy atom. The molecule has 1 aromatic heterocycles. The van der Waals surface area contributed by atoms with Crippen LogP contribution < -0.4 is 0 Å². The van der Waals surface area contributed by atoms with Gasteiger partial charge in [0.05, 0.1) is 17.2 Å². The zero-order valence-electron chi connectivity index (χ0n) is 16.3. The van der Waals surface area contributed by atoms with Crippen LogP contribution in [0.15, 0.2) is 16.7 Å². The minimum atomic E-state index is -0.0686. The summed E-state index contributed by atoms with van der Waals surface area (Å²) in [5.41, 5.74) is 0.610. The number of piperazine rings is 1. The summed E-state index contributed by atoms with van der Waals surface area (Å²) in [4.78, 5) is 30.2. The molecule has 6 rings (SSSR count). The van der Waals surface area contributed by atoms with Crippen molar-refractivity contribution in [1.82, 2.24) is 9.80 Å². The van der Waals surface area contributed by atoms with Crippen molar-refractivity contribution in [2.45, 2.75) is 51.9 Å². The predicted octanol–water partition coefficient (Wildman–Crippen LogP) is 3.34. The van der Waals surface area contributed by atoms with Crippen molar-refractivity contribution in [2.75, 3.05) is 26.2 Å². The molecule has 5 nitrogen and oxygen atoms in total. The van der Waals surface area contributed by atoms with Crippen LogP contribution in [0.1, 0.15) is 61.6 Å². The van der Waals surface area contributed by atoms with Crippen molar-refractivity contribution in [3.05, 3.63) is 23.7 Å². The fourth-order valence-electron chi connectivity index (χ4n) is 6.80. The Labute approximate surface area is 161 Å². The number of carbonyl (C=O) groups is 2. The zero-order valence-corrected chi connectivity index (χ0v) is 16.3. The maximum atomic E-state index is 13.5. The van der Waals surface area contributed by atoms with Gasteiger partial charge >= 0.3 is 0 Å². The quantitative estimate of drug-likeness (QED) is 0.820. The van der Waals surface area contributed by atoms with Gasteiger partial charge in [-0.1, -0.05) is 6.92 Å². The molecule has 1 saturated heterocycles. The van der Waals surface area contributed by atoms with Crippen LogP contribution in [0.5, 0.6) is 0 Å². The van der Waals surface area contributed by atoms with Gasteiger partial charge < -0.3 is 14.2 Å². The summed E-state index contributed by atoms with van der Waals surface area (Å²) in [6.45, 7) is 4.60. The van der Waals surface area contributed by atoms with Gasteiger partial charge in [0.15, 0.2) is 0 Å². The number of rotatable bonds is 3. The van der Waals surface area contributed by atoms with Gasteiger partial charge in [-0.3, -0.25) is 9.59 Å². The normalized spacial score (nSPS) is 34.9. The number of nitrogens with zero attached hydrogens (tertiary/aromatic N) is 2. The van der Waals surface area contributed by atoms with E-state index in [2.05, 4.69) is 4.90 Å². The molecule has 1 aliphatic heterocycles. The third-order valence-electron chi connectivity index (χ3n) is 7.64. The fraction of sp³-hybridized carbons (Fsp3) is 0.727. The van der Waals surface area contributed by atoms with E-state index in [-0.39, 0.29) is 11.3 Å². The van der Waals surface area contributed by atoms with E-state index in [4.69, 9.17) is 4.42 Å². The van der Waals surface area contributed by atoms with Crippen LogP contribution in [-0.2, 0) is 11.2 Å². The topological polar surface area (TPSA) is 53.8 Å². The van der Waals surface area contributed by atoms with Gasteiger partial charge in [0.2, 0.25) is 5.91 Å². The number of furan rings is 1. The second-order valence-corrected chi connectivity index (χ2v) is 9.39. The Morgan fingerprint density at radius 1 is 1.00 bits per heavy atom. The SMILES string of the molecule is CCc1occc1C(=O)N1CCN(C(=O)C23CC4CC(CC(C4)C2)C3)CC1. The Balaban J connectivity index is 1.24. The first-order valence-corrected chi connectivity index (χ1v) is 10.7. The zero-order chi connectivity index (χ0) is 18.6. The number of carbonyl (C=O) groups excluding carboxylic acids is 2. The molecule has 4 bridgehead atoms. The van der Waals surface area contributed by atoms with Crippen LogP contribution in [0.2, 0.25) is 0 Å². The average molecular weight is 370 g/mol. The van der Waals surface area contributed by atoms with Crippen LogP contribution in [0.4, 0.5) is 0 Å². The number of hydrogen-bond acceptors (Lipinski definition) is 3. The summed E-state index contributed by atoms with van der Waals surface area (Å²) in [5, 5.41) is 0. The first-order chi connectivity index (χ1) is 13.1. The fourth-order valence-corrected chi connectivity index (χ4v) is 6.80.